The molecule has 0 spiro atoms. The Bertz CT molecular complexity index is 487. The van der Waals surface area contributed by atoms with E-state index in [0.717, 1.165) is 5.56 Å². The fourth-order valence-corrected chi connectivity index (χ4v) is 1.47. The molecule has 0 fully saturated rings. The first-order valence-electron chi connectivity index (χ1n) is 5.70. The number of aryl methyl sites for hydroxylation is 1. The fraction of sp³-hybridized carbons (Fsp3) is 0.500. The Morgan fingerprint density at radius 2 is 2.18 bits per heavy atom. The molecule has 1 atom stereocenters. The molecule has 2 N–H and O–H groups in total. The topological polar surface area (TPSA) is 78.1 Å². The third-order valence-electron chi connectivity index (χ3n) is 2.80. The van der Waals surface area contributed by atoms with Crippen molar-refractivity contribution in [3.05, 3.63) is 23.8 Å². The van der Waals surface area contributed by atoms with E-state index in [4.69, 9.17) is 14.7 Å². The van der Waals surface area contributed by atoms with Gasteiger partial charge in [-0.3, -0.25) is 0 Å². The molecule has 1 unspecified atom stereocenters. The molecule has 92 valence electrons. The van der Waals surface area contributed by atoms with Crippen molar-refractivity contribution in [1.29, 1.82) is 0 Å². The minimum Gasteiger partial charge on any atom is -0.461 e. The third kappa shape index (κ3) is 2.55. The van der Waals surface area contributed by atoms with Crippen molar-refractivity contribution in [2.45, 2.75) is 33.2 Å². The molecular formula is C12H17N3O2. The monoisotopic (exact) mass is 235 g/mol. The van der Waals surface area contributed by atoms with Gasteiger partial charge in [0, 0.05) is 12.5 Å². The Hall–Kier alpha value is -1.62. The molecule has 0 amide bonds. The predicted molar refractivity (Wildman–Crippen MR) is 63.3 cm³/mol. The smallest absolute Gasteiger partial charge is 0.238 e. The molecule has 17 heavy (non-hydrogen) atoms. The lowest BCUT2D eigenvalue weighted by atomic mass is 10.0. The first kappa shape index (κ1) is 11.9. The average Bonchev–Trinajstić information content (AvgIpc) is 2.86. The maximum absolute atomic E-state index is 5.96. The number of furan rings is 1. The highest BCUT2D eigenvalue weighted by Crippen LogP contribution is 2.21. The summed E-state index contributed by atoms with van der Waals surface area (Å²) in [5, 5.41) is 3.90. The number of nitrogens with two attached hydrogens (primary N) is 1. The lowest BCUT2D eigenvalue weighted by Crippen LogP contribution is -2.28. The molecule has 0 saturated heterocycles. The molecule has 2 heterocycles. The van der Waals surface area contributed by atoms with Crippen molar-refractivity contribution in [3.8, 4) is 11.6 Å². The van der Waals surface area contributed by atoms with E-state index >= 15 is 0 Å². The van der Waals surface area contributed by atoms with Gasteiger partial charge in [-0.05, 0) is 24.5 Å². The van der Waals surface area contributed by atoms with Crippen molar-refractivity contribution < 1.29 is 8.94 Å². The summed E-state index contributed by atoms with van der Waals surface area (Å²) < 4.78 is 10.5. The van der Waals surface area contributed by atoms with E-state index in [2.05, 4.69) is 24.0 Å². The van der Waals surface area contributed by atoms with Crippen LogP contribution in [0.4, 0.5) is 0 Å². The second kappa shape index (κ2) is 4.71. The van der Waals surface area contributed by atoms with Gasteiger partial charge in [0.25, 0.3) is 0 Å². The highest BCUT2D eigenvalue weighted by atomic mass is 16.5. The van der Waals surface area contributed by atoms with Crippen LogP contribution in [0.25, 0.3) is 11.6 Å². The summed E-state index contributed by atoms with van der Waals surface area (Å²) >= 11 is 0. The first-order valence-corrected chi connectivity index (χ1v) is 5.70. The second-order valence-corrected chi connectivity index (χ2v) is 4.56. The van der Waals surface area contributed by atoms with Gasteiger partial charge in [-0.15, -0.1) is 0 Å². The van der Waals surface area contributed by atoms with E-state index in [1.54, 1.807) is 6.26 Å². The molecule has 0 aromatic carbocycles. The summed E-state index contributed by atoms with van der Waals surface area (Å²) in [6.07, 6.45) is 2.20. The van der Waals surface area contributed by atoms with Crippen LogP contribution in [0.1, 0.15) is 25.3 Å². The van der Waals surface area contributed by atoms with E-state index in [9.17, 15) is 0 Å². The number of hydrogen-bond acceptors (Lipinski definition) is 5. The van der Waals surface area contributed by atoms with E-state index in [-0.39, 0.29) is 6.04 Å². The molecule has 2 aromatic heterocycles. The third-order valence-corrected chi connectivity index (χ3v) is 2.80. The van der Waals surface area contributed by atoms with Gasteiger partial charge >= 0.3 is 0 Å². The van der Waals surface area contributed by atoms with Gasteiger partial charge in [-0.1, -0.05) is 19.0 Å². The van der Waals surface area contributed by atoms with Crippen LogP contribution in [0.15, 0.2) is 21.3 Å². The minimum absolute atomic E-state index is 0.0287. The van der Waals surface area contributed by atoms with Crippen molar-refractivity contribution >= 4 is 0 Å². The molecule has 2 aromatic rings. The van der Waals surface area contributed by atoms with Crippen molar-refractivity contribution in [1.82, 2.24) is 10.1 Å². The fourth-order valence-electron chi connectivity index (χ4n) is 1.47. The zero-order valence-corrected chi connectivity index (χ0v) is 10.3. The van der Waals surface area contributed by atoms with Crippen LogP contribution in [0.3, 0.4) is 0 Å². The van der Waals surface area contributed by atoms with Crippen LogP contribution in [-0.4, -0.2) is 16.2 Å². The molecule has 2 rings (SSSR count). The van der Waals surface area contributed by atoms with Crippen LogP contribution in [0.2, 0.25) is 0 Å². The number of hydrogen-bond donors (Lipinski definition) is 1. The average molecular weight is 235 g/mol. The largest absolute Gasteiger partial charge is 0.461 e. The lowest BCUT2D eigenvalue weighted by Gasteiger charge is -2.11. The van der Waals surface area contributed by atoms with Crippen LogP contribution < -0.4 is 5.73 Å². The SMILES string of the molecule is Cc1ccoc1-c1noc(CC(N)C(C)C)n1. The highest BCUT2D eigenvalue weighted by Gasteiger charge is 2.17. The van der Waals surface area contributed by atoms with Crippen LogP contribution in [-0.2, 0) is 6.42 Å². The van der Waals surface area contributed by atoms with Crippen molar-refractivity contribution in [2.24, 2.45) is 11.7 Å². The van der Waals surface area contributed by atoms with Gasteiger partial charge in [-0.2, -0.15) is 4.98 Å². The normalized spacial score (nSPS) is 13.2. The Morgan fingerprint density at radius 1 is 1.41 bits per heavy atom. The van der Waals surface area contributed by atoms with Crippen molar-refractivity contribution in [3.63, 3.8) is 0 Å². The maximum Gasteiger partial charge on any atom is 0.238 e. The van der Waals surface area contributed by atoms with Crippen LogP contribution >= 0.6 is 0 Å². The van der Waals surface area contributed by atoms with Gasteiger partial charge < -0.3 is 14.7 Å². The summed E-state index contributed by atoms with van der Waals surface area (Å²) in [6.45, 7) is 6.08. The second-order valence-electron chi connectivity index (χ2n) is 4.56. The predicted octanol–water partition coefficient (Wildman–Crippen LogP) is 2.16. The van der Waals surface area contributed by atoms with Gasteiger partial charge in [0.15, 0.2) is 5.76 Å². The van der Waals surface area contributed by atoms with Gasteiger partial charge in [0.2, 0.25) is 11.7 Å². The molecule has 5 heteroatoms. The molecule has 0 saturated carbocycles. The summed E-state index contributed by atoms with van der Waals surface area (Å²) in [4.78, 5) is 4.28. The Morgan fingerprint density at radius 3 is 2.76 bits per heavy atom. The molecule has 0 aliphatic carbocycles. The molecule has 0 aliphatic heterocycles. The summed E-state index contributed by atoms with van der Waals surface area (Å²) in [7, 11) is 0. The van der Waals surface area contributed by atoms with E-state index in [0.29, 0.717) is 29.8 Å². The molecule has 5 nitrogen and oxygen atoms in total. The van der Waals surface area contributed by atoms with Gasteiger partial charge in [-0.25, -0.2) is 0 Å². The maximum atomic E-state index is 5.96. The number of aromatic nitrogens is 2. The van der Waals surface area contributed by atoms with Crippen molar-refractivity contribution in [2.75, 3.05) is 0 Å². The van der Waals surface area contributed by atoms with Gasteiger partial charge in [0.05, 0.1) is 6.26 Å². The Labute approximate surface area is 100.0 Å². The molecule has 0 radical (unpaired) electrons. The summed E-state index contributed by atoms with van der Waals surface area (Å²) in [6, 6.07) is 1.89. The quantitative estimate of drug-likeness (QED) is 0.878. The van der Waals surface area contributed by atoms with Gasteiger partial charge in [0.1, 0.15) is 0 Å². The number of rotatable bonds is 4. The van der Waals surface area contributed by atoms with E-state index in [1.807, 2.05) is 13.0 Å². The zero-order chi connectivity index (χ0) is 12.4. The van der Waals surface area contributed by atoms with E-state index in [1.165, 1.54) is 0 Å². The molecule has 0 aliphatic rings. The Kier molecular flexibility index (Phi) is 3.28. The Balaban J connectivity index is 2.14. The molecule has 0 bridgehead atoms. The lowest BCUT2D eigenvalue weighted by molar-refractivity contribution is 0.352. The van der Waals surface area contributed by atoms with Crippen LogP contribution in [0, 0.1) is 12.8 Å². The summed E-state index contributed by atoms with van der Waals surface area (Å²) in [5.41, 5.74) is 6.95. The first-order chi connectivity index (χ1) is 8.08. The highest BCUT2D eigenvalue weighted by molar-refractivity contribution is 5.50. The summed E-state index contributed by atoms with van der Waals surface area (Å²) in [5.74, 6) is 2.07. The number of nitrogens with zero attached hydrogens (tertiary/aromatic N) is 2. The van der Waals surface area contributed by atoms with E-state index < -0.39 is 0 Å². The zero-order valence-electron chi connectivity index (χ0n) is 10.3. The minimum atomic E-state index is 0.0287. The van der Waals surface area contributed by atoms with Crippen LogP contribution in [0.5, 0.6) is 0 Å². The standard InChI is InChI=1S/C12H17N3O2/c1-7(2)9(13)6-10-14-12(15-17-10)11-8(3)4-5-16-11/h4-5,7,9H,6,13H2,1-3H3. The molecular weight excluding hydrogens is 218 g/mol.